The molecule has 0 spiro atoms. The van der Waals surface area contributed by atoms with E-state index < -0.39 is 48.1 Å². The molecule has 1 saturated heterocycles. The molecule has 0 aliphatic carbocycles. The number of nitrogens with zero attached hydrogens (tertiary/aromatic N) is 1. The highest BCUT2D eigenvalue weighted by atomic mass is 32.1. The largest absolute Gasteiger partial charge is 0.458 e. The summed E-state index contributed by atoms with van der Waals surface area (Å²) < 4.78 is 26.1. The maximum absolute atomic E-state index is 15.1. The van der Waals surface area contributed by atoms with Crippen molar-refractivity contribution >= 4 is 18.2 Å². The number of esters is 1. The number of aliphatic hydroxyl groups is 2. The minimum atomic E-state index is -2.94. The molecule has 0 radical (unpaired) electrons. The van der Waals surface area contributed by atoms with E-state index in [4.69, 9.17) is 27.4 Å². The van der Waals surface area contributed by atoms with Gasteiger partial charge in [-0.3, -0.25) is 14.3 Å². The number of carbonyl (C=O) groups excluding carboxylic acids is 1. The number of H-pyrrole nitrogens is 1. The highest BCUT2D eigenvalue weighted by Crippen LogP contribution is 2.42. The molecule has 0 saturated carbocycles. The summed E-state index contributed by atoms with van der Waals surface area (Å²) in [5.74, 6) is -4.06. The van der Waals surface area contributed by atoms with E-state index in [1.165, 1.54) is 19.2 Å². The summed E-state index contributed by atoms with van der Waals surface area (Å²) in [6.45, 7) is 3.58. The third-order valence-electron chi connectivity index (χ3n) is 4.37. The summed E-state index contributed by atoms with van der Waals surface area (Å²) in [4.78, 5) is 26.2. The second kappa shape index (κ2) is 7.16. The van der Waals surface area contributed by atoms with Gasteiger partial charge in [0, 0.05) is 6.20 Å². The second-order valence-corrected chi connectivity index (χ2v) is 7.13. The topological polar surface area (TPSA) is 140 Å². The Balaban J connectivity index is 2.26. The van der Waals surface area contributed by atoms with E-state index in [9.17, 15) is 19.8 Å². The Bertz CT molecular complexity index is 798. The number of alkyl halides is 1. The van der Waals surface area contributed by atoms with Gasteiger partial charge in [-0.15, -0.1) is 0 Å². The number of hydrogen-bond acceptors (Lipinski definition) is 8. The van der Waals surface area contributed by atoms with Crippen LogP contribution in [-0.2, 0) is 20.0 Å². The molecule has 0 aromatic carbocycles. The van der Waals surface area contributed by atoms with Crippen molar-refractivity contribution in [3.8, 4) is 0 Å². The maximum Gasteiger partial charge on any atom is 0.328 e. The molecule has 11 heteroatoms. The van der Waals surface area contributed by atoms with E-state index in [0.29, 0.717) is 0 Å². The number of nitrogens with one attached hydrogen (secondary N) is 1. The first kappa shape index (κ1) is 20.6. The first-order valence-corrected chi connectivity index (χ1v) is 8.33. The van der Waals surface area contributed by atoms with Crippen molar-refractivity contribution in [1.29, 1.82) is 0 Å². The van der Waals surface area contributed by atoms with Crippen LogP contribution in [-0.4, -0.2) is 56.4 Å². The smallest absolute Gasteiger partial charge is 0.328 e. The van der Waals surface area contributed by atoms with Crippen molar-refractivity contribution < 1.29 is 28.9 Å². The Morgan fingerprint density at radius 2 is 2.15 bits per heavy atom. The maximum atomic E-state index is 15.1. The van der Waals surface area contributed by atoms with Gasteiger partial charge in [-0.25, -0.2) is 9.18 Å². The van der Waals surface area contributed by atoms with Gasteiger partial charge >= 0.3 is 11.7 Å². The number of aromatic amines is 1. The number of hydrogen-bond donors (Lipinski definition) is 4. The molecule has 1 aromatic rings. The lowest BCUT2D eigenvalue weighted by Gasteiger charge is -2.30. The van der Waals surface area contributed by atoms with Gasteiger partial charge in [0.15, 0.2) is 12.3 Å². The Morgan fingerprint density at radius 1 is 1.54 bits per heavy atom. The standard InChI is InChI=1S/C15H22FN3O6S/c1-7(2)9(17)12(22)24-6-15(16)11(21)10(20)14(3,25-15)19-5-4-8(26)18-13(19)23/h4-5,7,9-11,20-21H,6,17H2,1-3H3,(H,18,23,26)/t9-,10+,11-,14+,15+/m0/s1. The lowest BCUT2D eigenvalue weighted by Crippen LogP contribution is -2.48. The predicted octanol–water partition coefficient (Wildman–Crippen LogP) is -0.477. The second-order valence-electron chi connectivity index (χ2n) is 6.69. The van der Waals surface area contributed by atoms with Gasteiger partial charge in [-0.05, 0) is 18.9 Å². The zero-order chi connectivity index (χ0) is 19.9. The Labute approximate surface area is 153 Å². The highest BCUT2D eigenvalue weighted by Gasteiger charge is 2.63. The van der Waals surface area contributed by atoms with Crippen molar-refractivity contribution in [3.05, 3.63) is 27.4 Å². The van der Waals surface area contributed by atoms with Crippen molar-refractivity contribution in [3.63, 3.8) is 0 Å². The van der Waals surface area contributed by atoms with E-state index in [2.05, 4.69) is 4.98 Å². The minimum absolute atomic E-state index is 0.131. The van der Waals surface area contributed by atoms with Crippen LogP contribution < -0.4 is 11.4 Å². The third kappa shape index (κ3) is 3.58. The van der Waals surface area contributed by atoms with E-state index in [1.54, 1.807) is 13.8 Å². The quantitative estimate of drug-likeness (QED) is 0.390. The summed E-state index contributed by atoms with van der Waals surface area (Å²) >= 11 is 4.82. The molecule has 0 unspecified atom stereocenters. The van der Waals surface area contributed by atoms with Crippen LogP contribution in [0.5, 0.6) is 0 Å². The van der Waals surface area contributed by atoms with Gasteiger partial charge in [0.2, 0.25) is 0 Å². The van der Waals surface area contributed by atoms with Crippen LogP contribution in [0.3, 0.4) is 0 Å². The van der Waals surface area contributed by atoms with E-state index in [1.807, 2.05) is 0 Å². The third-order valence-corrected chi connectivity index (χ3v) is 4.61. The lowest BCUT2D eigenvalue weighted by molar-refractivity contribution is -0.245. The number of rotatable bonds is 5. The van der Waals surface area contributed by atoms with Gasteiger partial charge in [0.25, 0.3) is 5.85 Å². The molecule has 1 aliphatic rings. The van der Waals surface area contributed by atoms with E-state index in [0.717, 1.165) is 4.57 Å². The van der Waals surface area contributed by atoms with Crippen LogP contribution in [0, 0.1) is 10.6 Å². The monoisotopic (exact) mass is 391 g/mol. The summed E-state index contributed by atoms with van der Waals surface area (Å²) in [5, 5.41) is 20.4. The molecule has 2 rings (SSSR count). The SMILES string of the molecule is CC(C)[C@H](N)C(=O)OC[C@@]1(F)O[C@@](C)(n2ccc(=S)[nH]c2=O)[C@H](O)[C@@H]1O. The molecule has 1 aromatic heterocycles. The lowest BCUT2D eigenvalue weighted by atomic mass is 10.0. The van der Waals surface area contributed by atoms with Crippen LogP contribution in [0.1, 0.15) is 20.8 Å². The zero-order valence-electron chi connectivity index (χ0n) is 14.5. The molecule has 5 atom stereocenters. The molecule has 1 fully saturated rings. The van der Waals surface area contributed by atoms with Crippen LogP contribution in [0.25, 0.3) is 0 Å². The summed E-state index contributed by atoms with van der Waals surface area (Å²) in [6.07, 6.45) is -2.71. The fourth-order valence-corrected chi connectivity index (χ4v) is 2.75. The molecule has 26 heavy (non-hydrogen) atoms. The van der Waals surface area contributed by atoms with Gasteiger partial charge in [-0.1, -0.05) is 26.1 Å². The predicted molar refractivity (Wildman–Crippen MR) is 90.2 cm³/mol. The van der Waals surface area contributed by atoms with Gasteiger partial charge in [0.05, 0.1) is 0 Å². The molecule has 0 bridgehead atoms. The van der Waals surface area contributed by atoms with Gasteiger partial charge < -0.3 is 25.4 Å². The first-order chi connectivity index (χ1) is 11.9. The molecule has 9 nitrogen and oxygen atoms in total. The first-order valence-electron chi connectivity index (χ1n) is 7.92. The molecular weight excluding hydrogens is 369 g/mol. The summed E-state index contributed by atoms with van der Waals surface area (Å²) in [6, 6.07) is 0.356. The van der Waals surface area contributed by atoms with Crippen LogP contribution >= 0.6 is 12.2 Å². The summed E-state index contributed by atoms with van der Waals surface area (Å²) in [5.41, 5.74) is 2.89. The van der Waals surface area contributed by atoms with Crippen molar-refractivity contribution in [2.75, 3.05) is 6.61 Å². The molecule has 0 amide bonds. The zero-order valence-corrected chi connectivity index (χ0v) is 15.3. The highest BCUT2D eigenvalue weighted by molar-refractivity contribution is 7.71. The average Bonchev–Trinajstić information content (AvgIpc) is 2.73. The van der Waals surface area contributed by atoms with Gasteiger partial charge in [-0.2, -0.15) is 0 Å². The van der Waals surface area contributed by atoms with E-state index in [-0.39, 0.29) is 10.6 Å². The number of aromatic nitrogens is 2. The average molecular weight is 391 g/mol. The minimum Gasteiger partial charge on any atom is -0.458 e. The van der Waals surface area contributed by atoms with Crippen molar-refractivity contribution in [2.45, 2.75) is 50.6 Å². The van der Waals surface area contributed by atoms with Crippen molar-refractivity contribution in [2.24, 2.45) is 11.7 Å². The number of aliphatic hydroxyl groups excluding tert-OH is 2. The molecule has 1 aliphatic heterocycles. The van der Waals surface area contributed by atoms with Gasteiger partial charge in [0.1, 0.15) is 22.9 Å². The summed E-state index contributed by atoms with van der Waals surface area (Å²) in [7, 11) is 0. The number of halogens is 1. The molecule has 2 heterocycles. The van der Waals surface area contributed by atoms with E-state index >= 15 is 4.39 Å². The fraction of sp³-hybridized carbons (Fsp3) is 0.667. The Hall–Kier alpha value is -1.66. The Kier molecular flexibility index (Phi) is 5.69. The molecule has 5 N–H and O–H groups in total. The normalized spacial score (nSPS) is 32.6. The number of ether oxygens (including phenoxy) is 2. The number of carbonyl (C=O) groups is 1. The van der Waals surface area contributed by atoms with Crippen molar-refractivity contribution in [1.82, 2.24) is 9.55 Å². The Morgan fingerprint density at radius 3 is 2.69 bits per heavy atom. The molecule has 146 valence electrons. The van der Waals surface area contributed by atoms with Crippen LogP contribution in [0.15, 0.2) is 17.1 Å². The fourth-order valence-electron chi connectivity index (χ4n) is 2.60. The number of nitrogens with two attached hydrogens (primary N) is 1. The van der Waals surface area contributed by atoms with Crippen LogP contribution in [0.4, 0.5) is 4.39 Å². The molecular formula is C15H22FN3O6S. The van der Waals surface area contributed by atoms with Crippen LogP contribution in [0.2, 0.25) is 0 Å².